The van der Waals surface area contributed by atoms with Crippen LogP contribution in [-0.2, 0) is 0 Å². The molecule has 0 amide bonds. The summed E-state index contributed by atoms with van der Waals surface area (Å²) in [6.45, 7) is 4.59. The summed E-state index contributed by atoms with van der Waals surface area (Å²) in [6, 6.07) is 12.9. The second-order valence-corrected chi connectivity index (χ2v) is 4.91. The highest BCUT2D eigenvalue weighted by molar-refractivity contribution is 5.34. The molecule has 1 aromatic carbocycles. The Morgan fingerprint density at radius 1 is 1.19 bits per heavy atom. The molecule has 2 N–H and O–H groups in total. The summed E-state index contributed by atoms with van der Waals surface area (Å²) in [5.74, 6) is 0.640. The summed E-state index contributed by atoms with van der Waals surface area (Å²) >= 11 is 0. The molecule has 2 rings (SSSR count). The molecule has 1 heterocycles. The summed E-state index contributed by atoms with van der Waals surface area (Å²) in [5.41, 5.74) is 5.93. The van der Waals surface area contributed by atoms with Crippen LogP contribution in [0.5, 0.6) is 5.75 Å². The molecule has 0 aliphatic carbocycles. The van der Waals surface area contributed by atoms with Crippen LogP contribution in [0.15, 0.2) is 36.4 Å². The molecule has 0 aliphatic rings. The Balaban J connectivity index is 1.79. The molecule has 1 unspecified atom stereocenters. The maximum Gasteiger partial charge on any atom is 0.119 e. The minimum atomic E-state index is -0.623. The average Bonchev–Trinajstić information content (AvgIpc) is 2.82. The van der Waals surface area contributed by atoms with Crippen molar-refractivity contribution in [3.63, 3.8) is 0 Å². The molecule has 5 nitrogen and oxygen atoms in total. The SMILES string of the molecule is Cc1ccc(C)n1NCC(O)COc1ccc(C#N)cc1. The number of aliphatic hydroxyl groups excluding tert-OH is 1. The predicted octanol–water partition coefficient (Wildman–Crippen LogP) is 1.96. The van der Waals surface area contributed by atoms with E-state index in [1.54, 1.807) is 24.3 Å². The van der Waals surface area contributed by atoms with Gasteiger partial charge in [0, 0.05) is 11.4 Å². The van der Waals surface area contributed by atoms with Gasteiger partial charge < -0.3 is 15.3 Å². The van der Waals surface area contributed by atoms with Gasteiger partial charge in [-0.25, -0.2) is 0 Å². The zero-order chi connectivity index (χ0) is 15.2. The van der Waals surface area contributed by atoms with Gasteiger partial charge >= 0.3 is 0 Å². The number of rotatable bonds is 6. The van der Waals surface area contributed by atoms with Gasteiger partial charge in [-0.3, -0.25) is 4.68 Å². The lowest BCUT2D eigenvalue weighted by atomic mass is 10.2. The Kier molecular flexibility index (Phi) is 4.85. The number of aromatic nitrogens is 1. The second kappa shape index (κ2) is 6.82. The monoisotopic (exact) mass is 285 g/mol. The van der Waals surface area contributed by atoms with Crippen molar-refractivity contribution in [3.8, 4) is 11.8 Å². The van der Waals surface area contributed by atoms with Gasteiger partial charge in [-0.2, -0.15) is 5.26 Å². The van der Waals surface area contributed by atoms with Crippen molar-refractivity contribution in [1.29, 1.82) is 5.26 Å². The number of nitriles is 1. The van der Waals surface area contributed by atoms with E-state index < -0.39 is 6.10 Å². The maximum absolute atomic E-state index is 9.94. The number of nitrogens with one attached hydrogen (secondary N) is 1. The van der Waals surface area contributed by atoms with Crippen molar-refractivity contribution < 1.29 is 9.84 Å². The average molecular weight is 285 g/mol. The quantitative estimate of drug-likeness (QED) is 0.851. The molecule has 110 valence electrons. The molecule has 0 bridgehead atoms. The van der Waals surface area contributed by atoms with Crippen LogP contribution in [0.25, 0.3) is 0 Å². The van der Waals surface area contributed by atoms with E-state index in [4.69, 9.17) is 10.00 Å². The topological polar surface area (TPSA) is 70.2 Å². The van der Waals surface area contributed by atoms with Crippen molar-refractivity contribution in [3.05, 3.63) is 53.3 Å². The first-order valence-electron chi connectivity index (χ1n) is 6.80. The summed E-state index contributed by atoms with van der Waals surface area (Å²) in [7, 11) is 0. The van der Waals surface area contributed by atoms with Crippen molar-refractivity contribution >= 4 is 0 Å². The van der Waals surface area contributed by atoms with E-state index in [0.29, 0.717) is 17.9 Å². The van der Waals surface area contributed by atoms with Gasteiger partial charge in [-0.05, 0) is 50.2 Å². The Morgan fingerprint density at radius 2 is 1.81 bits per heavy atom. The molecule has 2 aromatic rings. The number of nitrogens with zero attached hydrogens (tertiary/aromatic N) is 2. The van der Waals surface area contributed by atoms with E-state index in [-0.39, 0.29) is 6.61 Å². The minimum absolute atomic E-state index is 0.193. The molecule has 1 aromatic heterocycles. The third kappa shape index (κ3) is 4.01. The second-order valence-electron chi connectivity index (χ2n) is 4.91. The normalized spacial score (nSPS) is 11.7. The van der Waals surface area contributed by atoms with E-state index in [1.165, 1.54) is 0 Å². The van der Waals surface area contributed by atoms with Crippen LogP contribution in [0.1, 0.15) is 17.0 Å². The number of ether oxygens (including phenoxy) is 1. The van der Waals surface area contributed by atoms with Crippen molar-refractivity contribution in [1.82, 2.24) is 4.68 Å². The molecule has 5 heteroatoms. The molecule has 21 heavy (non-hydrogen) atoms. The highest BCUT2D eigenvalue weighted by Crippen LogP contribution is 2.11. The smallest absolute Gasteiger partial charge is 0.119 e. The summed E-state index contributed by atoms with van der Waals surface area (Å²) < 4.78 is 7.42. The minimum Gasteiger partial charge on any atom is -0.491 e. The van der Waals surface area contributed by atoms with E-state index >= 15 is 0 Å². The Bertz CT molecular complexity index is 606. The Hall–Kier alpha value is -2.45. The maximum atomic E-state index is 9.94. The molecular formula is C16H19N3O2. The highest BCUT2D eigenvalue weighted by atomic mass is 16.5. The molecule has 0 spiro atoms. The number of benzene rings is 1. The van der Waals surface area contributed by atoms with Gasteiger partial charge in [0.05, 0.1) is 18.2 Å². The van der Waals surface area contributed by atoms with Crippen molar-refractivity contribution in [2.45, 2.75) is 20.0 Å². The van der Waals surface area contributed by atoms with Crippen LogP contribution in [0, 0.1) is 25.2 Å². The van der Waals surface area contributed by atoms with Crippen LogP contribution in [-0.4, -0.2) is 29.0 Å². The summed E-state index contributed by atoms with van der Waals surface area (Å²) in [6.07, 6.45) is -0.623. The lowest BCUT2D eigenvalue weighted by Gasteiger charge is -2.17. The number of aryl methyl sites for hydroxylation is 2. The summed E-state index contributed by atoms with van der Waals surface area (Å²) in [5, 5.41) is 18.6. The van der Waals surface area contributed by atoms with Crippen LogP contribution < -0.4 is 10.2 Å². The first kappa shape index (κ1) is 14.9. The predicted molar refractivity (Wildman–Crippen MR) is 80.8 cm³/mol. The fourth-order valence-electron chi connectivity index (χ4n) is 1.99. The number of aliphatic hydroxyl groups is 1. The fraction of sp³-hybridized carbons (Fsp3) is 0.312. The van der Waals surface area contributed by atoms with E-state index in [2.05, 4.69) is 5.43 Å². The Labute approximate surface area is 124 Å². The van der Waals surface area contributed by atoms with E-state index in [9.17, 15) is 5.11 Å². The zero-order valence-corrected chi connectivity index (χ0v) is 12.2. The largest absolute Gasteiger partial charge is 0.491 e. The van der Waals surface area contributed by atoms with Crippen molar-refractivity contribution in [2.75, 3.05) is 18.6 Å². The molecule has 0 radical (unpaired) electrons. The Morgan fingerprint density at radius 3 is 2.38 bits per heavy atom. The van der Waals surface area contributed by atoms with Gasteiger partial charge in [0.25, 0.3) is 0 Å². The first-order valence-corrected chi connectivity index (χ1v) is 6.80. The third-order valence-corrected chi connectivity index (χ3v) is 3.18. The van der Waals surface area contributed by atoms with Crippen LogP contribution in [0.4, 0.5) is 0 Å². The molecule has 0 saturated carbocycles. The van der Waals surface area contributed by atoms with E-state index in [1.807, 2.05) is 36.7 Å². The molecule has 0 aliphatic heterocycles. The molecule has 0 fully saturated rings. The van der Waals surface area contributed by atoms with Crippen LogP contribution >= 0.6 is 0 Å². The molecular weight excluding hydrogens is 266 g/mol. The van der Waals surface area contributed by atoms with Gasteiger partial charge in [-0.1, -0.05) is 0 Å². The lowest BCUT2D eigenvalue weighted by Crippen LogP contribution is -2.31. The number of hydrogen-bond acceptors (Lipinski definition) is 4. The standard InChI is InChI=1S/C16H19N3O2/c1-12-3-4-13(2)19(12)18-10-15(20)11-21-16-7-5-14(9-17)6-8-16/h3-8,15,18,20H,10-11H2,1-2H3. The van der Waals surface area contributed by atoms with Gasteiger partial charge in [-0.15, -0.1) is 0 Å². The fourth-order valence-corrected chi connectivity index (χ4v) is 1.99. The van der Waals surface area contributed by atoms with E-state index in [0.717, 1.165) is 11.4 Å². The van der Waals surface area contributed by atoms with Gasteiger partial charge in [0.15, 0.2) is 0 Å². The van der Waals surface area contributed by atoms with Crippen LogP contribution in [0.3, 0.4) is 0 Å². The lowest BCUT2D eigenvalue weighted by molar-refractivity contribution is 0.115. The summed E-state index contributed by atoms with van der Waals surface area (Å²) in [4.78, 5) is 0. The molecule has 0 saturated heterocycles. The van der Waals surface area contributed by atoms with Crippen LogP contribution in [0.2, 0.25) is 0 Å². The number of hydrogen-bond donors (Lipinski definition) is 2. The highest BCUT2D eigenvalue weighted by Gasteiger charge is 2.07. The first-order chi connectivity index (χ1) is 10.1. The zero-order valence-electron chi connectivity index (χ0n) is 12.2. The van der Waals surface area contributed by atoms with Gasteiger partial charge in [0.1, 0.15) is 18.5 Å². The molecule has 1 atom stereocenters. The third-order valence-electron chi connectivity index (χ3n) is 3.18. The van der Waals surface area contributed by atoms with Crippen molar-refractivity contribution in [2.24, 2.45) is 0 Å². The van der Waals surface area contributed by atoms with Gasteiger partial charge in [0.2, 0.25) is 0 Å².